The summed E-state index contributed by atoms with van der Waals surface area (Å²) in [5.41, 5.74) is 2.89. The molecule has 2 aromatic rings. The van der Waals surface area contributed by atoms with Crippen LogP contribution >= 0.6 is 0 Å². The summed E-state index contributed by atoms with van der Waals surface area (Å²) in [5.74, 6) is -2.12. The SMILES string of the molecule is CC(=O)Oc1cccc(C2Cc3c(cc(C=O)n3C)C3C(=O)NC(=O)C23)c1. The van der Waals surface area contributed by atoms with Gasteiger partial charge in [0, 0.05) is 25.6 Å². The molecule has 27 heavy (non-hydrogen) atoms. The summed E-state index contributed by atoms with van der Waals surface area (Å²) in [7, 11) is 1.78. The van der Waals surface area contributed by atoms with Crippen LogP contribution in [0.25, 0.3) is 0 Å². The molecule has 2 aliphatic rings. The topological polar surface area (TPSA) is 94.5 Å². The summed E-state index contributed by atoms with van der Waals surface area (Å²) in [6, 6.07) is 8.72. The van der Waals surface area contributed by atoms with E-state index in [1.165, 1.54) is 6.92 Å². The molecule has 1 aliphatic carbocycles. The number of hydrogen-bond acceptors (Lipinski definition) is 5. The number of amides is 2. The van der Waals surface area contributed by atoms with Crippen molar-refractivity contribution in [2.75, 3.05) is 0 Å². The molecule has 1 aromatic heterocycles. The van der Waals surface area contributed by atoms with Crippen LogP contribution in [-0.4, -0.2) is 28.6 Å². The number of fused-ring (bicyclic) bond motifs is 3. The lowest BCUT2D eigenvalue weighted by Crippen LogP contribution is -2.31. The van der Waals surface area contributed by atoms with Crippen LogP contribution in [-0.2, 0) is 27.9 Å². The van der Waals surface area contributed by atoms with E-state index in [1.54, 1.807) is 35.9 Å². The highest BCUT2D eigenvalue weighted by Crippen LogP contribution is 2.48. The van der Waals surface area contributed by atoms with Gasteiger partial charge in [-0.3, -0.25) is 24.5 Å². The normalized spacial score (nSPS) is 23.4. The molecule has 2 amide bonds. The predicted octanol–water partition coefficient (Wildman–Crippen LogP) is 1.46. The number of aldehydes is 1. The summed E-state index contributed by atoms with van der Waals surface area (Å²) in [4.78, 5) is 47.6. The number of aromatic nitrogens is 1. The third-order valence-electron chi connectivity index (χ3n) is 5.47. The maximum atomic E-state index is 12.5. The van der Waals surface area contributed by atoms with Crippen molar-refractivity contribution >= 4 is 24.1 Å². The second-order valence-electron chi connectivity index (χ2n) is 6.98. The third kappa shape index (κ3) is 2.66. The second-order valence-corrected chi connectivity index (χ2v) is 6.98. The zero-order valence-electron chi connectivity index (χ0n) is 14.9. The lowest BCUT2D eigenvalue weighted by Gasteiger charge is -2.32. The highest BCUT2D eigenvalue weighted by molar-refractivity contribution is 6.08. The molecule has 0 radical (unpaired) electrons. The van der Waals surface area contributed by atoms with Crippen LogP contribution in [0.3, 0.4) is 0 Å². The Bertz CT molecular complexity index is 990. The quantitative estimate of drug-likeness (QED) is 0.384. The van der Waals surface area contributed by atoms with Gasteiger partial charge >= 0.3 is 5.97 Å². The number of nitrogens with zero attached hydrogens (tertiary/aromatic N) is 1. The van der Waals surface area contributed by atoms with Crippen LogP contribution in [0.5, 0.6) is 5.75 Å². The monoisotopic (exact) mass is 366 g/mol. The molecule has 1 saturated heterocycles. The zero-order valence-corrected chi connectivity index (χ0v) is 14.9. The first-order chi connectivity index (χ1) is 12.9. The highest BCUT2D eigenvalue weighted by atomic mass is 16.5. The van der Waals surface area contributed by atoms with Crippen molar-refractivity contribution in [3.63, 3.8) is 0 Å². The van der Waals surface area contributed by atoms with Crippen molar-refractivity contribution in [1.29, 1.82) is 0 Å². The van der Waals surface area contributed by atoms with E-state index in [2.05, 4.69) is 5.32 Å². The van der Waals surface area contributed by atoms with Gasteiger partial charge in [0.1, 0.15) is 5.75 Å². The fourth-order valence-electron chi connectivity index (χ4n) is 4.31. The van der Waals surface area contributed by atoms with E-state index < -0.39 is 17.8 Å². The first-order valence-electron chi connectivity index (χ1n) is 8.67. The van der Waals surface area contributed by atoms with Crippen LogP contribution in [0.2, 0.25) is 0 Å². The Morgan fingerprint density at radius 3 is 2.74 bits per heavy atom. The lowest BCUT2D eigenvalue weighted by molar-refractivity contribution is -0.132. The summed E-state index contributed by atoms with van der Waals surface area (Å²) in [6.07, 6.45) is 1.25. The number of esters is 1. The molecule has 2 heterocycles. The van der Waals surface area contributed by atoms with Crippen molar-refractivity contribution in [3.05, 3.63) is 52.8 Å². The molecule has 4 rings (SSSR count). The van der Waals surface area contributed by atoms with Gasteiger partial charge in [0.25, 0.3) is 0 Å². The number of rotatable bonds is 3. The van der Waals surface area contributed by atoms with Gasteiger partial charge in [-0.1, -0.05) is 12.1 Å². The number of carbonyl (C=O) groups excluding carboxylic acids is 4. The number of hydrogen-bond donors (Lipinski definition) is 1. The number of nitrogens with one attached hydrogen (secondary N) is 1. The first-order valence-corrected chi connectivity index (χ1v) is 8.67. The van der Waals surface area contributed by atoms with E-state index in [0.717, 1.165) is 23.1 Å². The molecule has 138 valence electrons. The van der Waals surface area contributed by atoms with Crippen molar-refractivity contribution in [2.24, 2.45) is 13.0 Å². The van der Waals surface area contributed by atoms with E-state index in [0.29, 0.717) is 17.9 Å². The fraction of sp³-hybridized carbons (Fsp3) is 0.300. The summed E-state index contributed by atoms with van der Waals surface area (Å²) < 4.78 is 6.94. The van der Waals surface area contributed by atoms with Gasteiger partial charge < -0.3 is 9.30 Å². The number of imide groups is 1. The second kappa shape index (κ2) is 6.19. The summed E-state index contributed by atoms with van der Waals surface area (Å²) in [6.45, 7) is 1.32. The van der Waals surface area contributed by atoms with Crippen molar-refractivity contribution in [3.8, 4) is 5.75 Å². The van der Waals surface area contributed by atoms with Crippen LogP contribution in [0.1, 0.15) is 46.1 Å². The molecule has 1 fully saturated rings. The van der Waals surface area contributed by atoms with Crippen molar-refractivity contribution in [1.82, 2.24) is 9.88 Å². The van der Waals surface area contributed by atoms with E-state index >= 15 is 0 Å². The highest BCUT2D eigenvalue weighted by Gasteiger charge is 2.51. The number of ether oxygens (including phenoxy) is 1. The maximum absolute atomic E-state index is 12.5. The molecule has 0 bridgehead atoms. The van der Waals surface area contributed by atoms with Crippen molar-refractivity contribution < 1.29 is 23.9 Å². The lowest BCUT2D eigenvalue weighted by atomic mass is 9.69. The molecule has 7 heteroatoms. The van der Waals surface area contributed by atoms with E-state index in [1.807, 2.05) is 6.07 Å². The molecule has 7 nitrogen and oxygen atoms in total. The summed E-state index contributed by atoms with van der Waals surface area (Å²) >= 11 is 0. The standard InChI is InChI=1S/C20H18N2O5/c1-10(24)27-13-5-3-4-11(6-13)14-8-16-15(7-12(9-23)22(16)2)18-17(14)19(25)21-20(18)26/h3-7,9,14,17-18H,8H2,1-2H3,(H,21,25,26). The van der Waals surface area contributed by atoms with Crippen LogP contribution in [0.4, 0.5) is 0 Å². The molecule has 3 atom stereocenters. The Kier molecular flexibility index (Phi) is 3.95. The molecule has 1 aliphatic heterocycles. The number of benzene rings is 1. The van der Waals surface area contributed by atoms with Gasteiger partial charge in [-0.25, -0.2) is 0 Å². The molecule has 0 saturated carbocycles. The average Bonchev–Trinajstić information content (AvgIpc) is 3.10. The largest absolute Gasteiger partial charge is 0.427 e. The van der Waals surface area contributed by atoms with E-state index in [4.69, 9.17) is 4.74 Å². The molecule has 1 aromatic carbocycles. The molecule has 3 unspecified atom stereocenters. The minimum absolute atomic E-state index is 0.266. The van der Waals surface area contributed by atoms with Crippen LogP contribution < -0.4 is 10.1 Å². The Hall–Kier alpha value is -3.22. The van der Waals surface area contributed by atoms with Gasteiger partial charge in [-0.15, -0.1) is 0 Å². The molecular formula is C20H18N2O5. The summed E-state index contributed by atoms with van der Waals surface area (Å²) in [5, 5.41) is 2.43. The Morgan fingerprint density at radius 2 is 2.04 bits per heavy atom. The van der Waals surface area contributed by atoms with Crippen molar-refractivity contribution in [2.45, 2.75) is 25.2 Å². The van der Waals surface area contributed by atoms with Crippen LogP contribution in [0.15, 0.2) is 30.3 Å². The maximum Gasteiger partial charge on any atom is 0.308 e. The van der Waals surface area contributed by atoms with E-state index in [-0.39, 0.29) is 17.7 Å². The van der Waals surface area contributed by atoms with Gasteiger partial charge in [0.05, 0.1) is 17.5 Å². The minimum Gasteiger partial charge on any atom is -0.427 e. The minimum atomic E-state index is -0.622. The van der Waals surface area contributed by atoms with Gasteiger partial charge in [0.2, 0.25) is 11.8 Å². The Labute approximate surface area is 155 Å². The molecular weight excluding hydrogens is 348 g/mol. The molecule has 0 spiro atoms. The third-order valence-corrected chi connectivity index (χ3v) is 5.47. The first kappa shape index (κ1) is 17.2. The average molecular weight is 366 g/mol. The van der Waals surface area contributed by atoms with Crippen LogP contribution in [0, 0.1) is 5.92 Å². The van der Waals surface area contributed by atoms with Gasteiger partial charge in [-0.05, 0) is 35.7 Å². The Balaban J connectivity index is 1.83. The van der Waals surface area contributed by atoms with Gasteiger partial charge in [0.15, 0.2) is 6.29 Å². The Morgan fingerprint density at radius 1 is 1.26 bits per heavy atom. The molecule has 1 N–H and O–H groups in total. The van der Waals surface area contributed by atoms with E-state index in [9.17, 15) is 19.2 Å². The number of carbonyl (C=O) groups is 4. The fourth-order valence-corrected chi connectivity index (χ4v) is 4.31. The smallest absolute Gasteiger partial charge is 0.308 e. The zero-order chi connectivity index (χ0) is 19.3. The van der Waals surface area contributed by atoms with Gasteiger partial charge in [-0.2, -0.15) is 0 Å². The predicted molar refractivity (Wildman–Crippen MR) is 94.4 cm³/mol.